The summed E-state index contributed by atoms with van der Waals surface area (Å²) < 4.78 is 2.04. The Hall–Kier alpha value is -1.94. The molecule has 0 spiro atoms. The van der Waals surface area contributed by atoms with E-state index < -0.39 is 0 Å². The minimum atomic E-state index is -0.0905. The molecule has 0 bridgehead atoms. The first-order valence-corrected chi connectivity index (χ1v) is 6.80. The van der Waals surface area contributed by atoms with Gasteiger partial charge in [-0.15, -0.1) is 10.2 Å². The average molecular weight is 287 g/mol. The molecule has 0 saturated carbocycles. The Morgan fingerprint density at radius 1 is 1.05 bits per heavy atom. The van der Waals surface area contributed by atoms with Crippen LogP contribution in [0.4, 0.5) is 0 Å². The summed E-state index contributed by atoms with van der Waals surface area (Å²) in [7, 11) is 0. The number of nitrogens with zero attached hydrogens (tertiary/aromatic N) is 4. The number of aromatic nitrogens is 4. The summed E-state index contributed by atoms with van der Waals surface area (Å²) >= 11 is 5.92. The second kappa shape index (κ2) is 4.56. The molecule has 1 aromatic carbocycles. The first-order valence-electron chi connectivity index (χ1n) is 6.42. The fourth-order valence-electron chi connectivity index (χ4n) is 2.15. The standard InChI is InChI=1S/C15H15ClN4/c1-15(2,3)20-9-17-8-12-13(18-19-14(12)20)10-4-6-11(16)7-5-10/h4-9H,1-3H3. The zero-order valence-electron chi connectivity index (χ0n) is 11.6. The molecule has 20 heavy (non-hydrogen) atoms. The third-order valence-electron chi connectivity index (χ3n) is 3.20. The maximum Gasteiger partial charge on any atom is 0.168 e. The van der Waals surface area contributed by atoms with Crippen LogP contribution in [0.25, 0.3) is 22.6 Å². The SMILES string of the molecule is CC(C)(C)n1cncc2c(-c3ccc(Cl)cc3)nnc1-2. The molecule has 3 rings (SSSR count). The molecule has 0 unspecified atom stereocenters. The minimum absolute atomic E-state index is 0.0905. The van der Waals surface area contributed by atoms with Gasteiger partial charge in [-0.3, -0.25) is 0 Å². The average Bonchev–Trinajstić information content (AvgIpc) is 2.82. The number of hydrogen-bond acceptors (Lipinski definition) is 3. The van der Waals surface area contributed by atoms with Crippen molar-refractivity contribution in [2.75, 3.05) is 0 Å². The van der Waals surface area contributed by atoms with Gasteiger partial charge in [0.25, 0.3) is 0 Å². The predicted molar refractivity (Wildman–Crippen MR) is 79.9 cm³/mol. The zero-order chi connectivity index (χ0) is 14.3. The summed E-state index contributed by atoms with van der Waals surface area (Å²) in [6.45, 7) is 6.35. The van der Waals surface area contributed by atoms with Crippen LogP contribution in [-0.2, 0) is 5.54 Å². The second-order valence-corrected chi connectivity index (χ2v) is 6.16. The molecule has 2 heterocycles. The monoisotopic (exact) mass is 286 g/mol. The molecule has 2 aliphatic rings. The van der Waals surface area contributed by atoms with Gasteiger partial charge in [-0.1, -0.05) is 23.7 Å². The molecule has 1 aromatic rings. The lowest BCUT2D eigenvalue weighted by Crippen LogP contribution is -2.24. The predicted octanol–water partition coefficient (Wildman–Crippen LogP) is 3.85. The maximum atomic E-state index is 5.92. The third kappa shape index (κ3) is 2.16. The lowest BCUT2D eigenvalue weighted by atomic mass is 10.1. The number of hydrogen-bond donors (Lipinski definition) is 0. The summed E-state index contributed by atoms with van der Waals surface area (Å²) in [5.41, 5.74) is 2.69. The molecule has 0 aromatic heterocycles. The van der Waals surface area contributed by atoms with Crippen molar-refractivity contribution >= 4 is 11.6 Å². The molecule has 0 saturated heterocycles. The molecule has 2 aliphatic heterocycles. The number of rotatable bonds is 1. The van der Waals surface area contributed by atoms with E-state index in [-0.39, 0.29) is 5.54 Å². The van der Waals surface area contributed by atoms with Crippen molar-refractivity contribution in [2.24, 2.45) is 0 Å². The first-order chi connectivity index (χ1) is 9.47. The molecule has 0 amide bonds. The quantitative estimate of drug-likeness (QED) is 0.682. The zero-order valence-corrected chi connectivity index (χ0v) is 12.4. The summed E-state index contributed by atoms with van der Waals surface area (Å²) in [6.07, 6.45) is 3.60. The van der Waals surface area contributed by atoms with E-state index in [1.807, 2.05) is 35.0 Å². The molecule has 0 radical (unpaired) electrons. The van der Waals surface area contributed by atoms with E-state index in [4.69, 9.17) is 11.6 Å². The van der Waals surface area contributed by atoms with Gasteiger partial charge in [0, 0.05) is 22.3 Å². The Labute approximate surface area is 122 Å². The summed E-state index contributed by atoms with van der Waals surface area (Å²) in [6, 6.07) is 7.59. The Bertz CT molecular complexity index is 710. The van der Waals surface area contributed by atoms with E-state index in [9.17, 15) is 0 Å². The Balaban J connectivity index is 2.14. The second-order valence-electron chi connectivity index (χ2n) is 5.73. The molecule has 4 nitrogen and oxygen atoms in total. The molecular weight excluding hydrogens is 272 g/mol. The van der Waals surface area contributed by atoms with Crippen LogP contribution in [0.1, 0.15) is 20.8 Å². The summed E-state index contributed by atoms with van der Waals surface area (Å²) in [5, 5.41) is 9.35. The largest absolute Gasteiger partial charge is 0.310 e. The van der Waals surface area contributed by atoms with Gasteiger partial charge >= 0.3 is 0 Å². The van der Waals surface area contributed by atoms with E-state index >= 15 is 0 Å². The number of fused-ring (bicyclic) bond motifs is 1. The molecule has 0 fully saturated rings. The molecule has 0 N–H and O–H groups in total. The fourth-order valence-corrected chi connectivity index (χ4v) is 2.27. The topological polar surface area (TPSA) is 43.6 Å². The van der Waals surface area contributed by atoms with Gasteiger partial charge in [0.1, 0.15) is 5.69 Å². The summed E-state index contributed by atoms with van der Waals surface area (Å²) in [5.74, 6) is 0.845. The van der Waals surface area contributed by atoms with Gasteiger partial charge in [-0.2, -0.15) is 0 Å². The van der Waals surface area contributed by atoms with Gasteiger partial charge < -0.3 is 4.57 Å². The van der Waals surface area contributed by atoms with Gasteiger partial charge in [-0.25, -0.2) is 4.98 Å². The Morgan fingerprint density at radius 2 is 1.75 bits per heavy atom. The Morgan fingerprint density at radius 3 is 2.40 bits per heavy atom. The fraction of sp³-hybridized carbons (Fsp3) is 0.267. The van der Waals surface area contributed by atoms with Crippen LogP contribution in [-0.4, -0.2) is 19.7 Å². The van der Waals surface area contributed by atoms with Gasteiger partial charge in [-0.05, 0) is 32.9 Å². The van der Waals surface area contributed by atoms with Crippen LogP contribution >= 0.6 is 11.6 Å². The molecular formula is C15H15ClN4. The normalized spacial score (nSPS) is 12.0. The highest BCUT2D eigenvalue weighted by atomic mass is 35.5. The van der Waals surface area contributed by atoms with Crippen LogP contribution in [0.3, 0.4) is 0 Å². The van der Waals surface area contributed by atoms with Gasteiger partial charge in [0.15, 0.2) is 5.82 Å². The highest BCUT2D eigenvalue weighted by Crippen LogP contribution is 2.33. The van der Waals surface area contributed by atoms with E-state index in [1.165, 1.54) is 0 Å². The van der Waals surface area contributed by atoms with E-state index in [0.717, 1.165) is 22.6 Å². The van der Waals surface area contributed by atoms with E-state index in [1.54, 1.807) is 6.33 Å². The summed E-state index contributed by atoms with van der Waals surface area (Å²) in [4.78, 5) is 4.31. The van der Waals surface area contributed by atoms with Crippen molar-refractivity contribution in [1.82, 2.24) is 19.7 Å². The third-order valence-corrected chi connectivity index (χ3v) is 3.45. The lowest BCUT2D eigenvalue weighted by Gasteiger charge is -2.24. The highest BCUT2D eigenvalue weighted by Gasteiger charge is 2.23. The minimum Gasteiger partial charge on any atom is -0.310 e. The van der Waals surface area contributed by atoms with Gasteiger partial charge in [0.05, 0.1) is 11.9 Å². The highest BCUT2D eigenvalue weighted by molar-refractivity contribution is 6.30. The Kier molecular flexibility index (Phi) is 2.98. The molecule has 5 heteroatoms. The van der Waals surface area contributed by atoms with Crippen molar-refractivity contribution in [2.45, 2.75) is 26.3 Å². The van der Waals surface area contributed by atoms with Crippen LogP contribution < -0.4 is 0 Å². The number of benzene rings is 1. The van der Waals surface area contributed by atoms with Crippen molar-refractivity contribution in [3.63, 3.8) is 0 Å². The van der Waals surface area contributed by atoms with Crippen molar-refractivity contribution in [3.05, 3.63) is 41.8 Å². The van der Waals surface area contributed by atoms with Crippen molar-refractivity contribution in [3.8, 4) is 22.6 Å². The first kappa shape index (κ1) is 13.1. The van der Waals surface area contributed by atoms with Crippen LogP contribution in [0, 0.1) is 0 Å². The number of halogens is 1. The van der Waals surface area contributed by atoms with Crippen molar-refractivity contribution < 1.29 is 0 Å². The maximum absolute atomic E-state index is 5.92. The molecule has 102 valence electrons. The molecule has 0 atom stereocenters. The van der Waals surface area contributed by atoms with Gasteiger partial charge in [0.2, 0.25) is 0 Å². The van der Waals surface area contributed by atoms with Crippen molar-refractivity contribution in [1.29, 1.82) is 0 Å². The van der Waals surface area contributed by atoms with Crippen LogP contribution in [0.2, 0.25) is 5.02 Å². The van der Waals surface area contributed by atoms with E-state index in [0.29, 0.717) is 5.02 Å². The molecule has 0 aliphatic carbocycles. The van der Waals surface area contributed by atoms with Crippen LogP contribution in [0.5, 0.6) is 0 Å². The smallest absolute Gasteiger partial charge is 0.168 e. The lowest BCUT2D eigenvalue weighted by molar-refractivity contribution is 0.390. The van der Waals surface area contributed by atoms with Crippen LogP contribution in [0.15, 0.2) is 36.8 Å². The van der Waals surface area contributed by atoms with E-state index in [2.05, 4.69) is 36.0 Å².